The molecular weight excluding hydrogens is 509 g/mol. The Balaban J connectivity index is 2.18. The summed E-state index contributed by atoms with van der Waals surface area (Å²) >= 11 is 0. The first-order valence-corrected chi connectivity index (χ1v) is 11.9. The van der Waals surface area contributed by atoms with Crippen molar-refractivity contribution >= 4 is 27.3 Å². The number of esters is 1. The molecule has 0 unspecified atom stereocenters. The number of para-hydroxylation sites is 1. The largest absolute Gasteiger partial charge is 0.464 e. The number of hydrogen-bond acceptors (Lipinski definition) is 7. The molecule has 0 aliphatic heterocycles. The van der Waals surface area contributed by atoms with Gasteiger partial charge in [-0.1, -0.05) is 29.8 Å². The Kier molecular flexibility index (Phi) is 7.92. The molecule has 0 saturated heterocycles. The van der Waals surface area contributed by atoms with Crippen LogP contribution in [-0.2, 0) is 26.5 Å². The molecule has 0 aliphatic rings. The van der Waals surface area contributed by atoms with Gasteiger partial charge < -0.3 is 9.64 Å². The number of alkyl halides is 5. The van der Waals surface area contributed by atoms with Crippen LogP contribution in [0.5, 0.6) is 0 Å². The van der Waals surface area contributed by atoms with Crippen molar-refractivity contribution in [1.82, 2.24) is 9.97 Å². The summed E-state index contributed by atoms with van der Waals surface area (Å²) in [5.74, 6) is -2.46. The smallest absolute Gasteiger partial charge is 0.416 e. The van der Waals surface area contributed by atoms with Crippen LogP contribution in [-0.4, -0.2) is 44.4 Å². The summed E-state index contributed by atoms with van der Waals surface area (Å²) in [5.41, 5.74) is -1.98. The third kappa shape index (κ3) is 5.96. The van der Waals surface area contributed by atoms with Gasteiger partial charge in [0.1, 0.15) is 0 Å². The molecule has 36 heavy (non-hydrogen) atoms. The van der Waals surface area contributed by atoms with E-state index < -0.39 is 68.2 Å². The zero-order chi connectivity index (χ0) is 26.7. The van der Waals surface area contributed by atoms with Gasteiger partial charge in [0.25, 0.3) is 6.43 Å². The third-order valence-electron chi connectivity index (χ3n) is 5.04. The highest BCUT2D eigenvalue weighted by Gasteiger charge is 2.35. The Morgan fingerprint density at radius 1 is 1.08 bits per heavy atom. The zero-order valence-corrected chi connectivity index (χ0v) is 19.8. The van der Waals surface area contributed by atoms with Crippen molar-refractivity contribution in [2.24, 2.45) is 0 Å². The second kappa shape index (κ2) is 10.6. The maximum Gasteiger partial charge on any atom is 0.416 e. The number of nitrogens with zero attached hydrogens (tertiary/aromatic N) is 3. The van der Waals surface area contributed by atoms with Crippen molar-refractivity contribution < 1.29 is 39.9 Å². The summed E-state index contributed by atoms with van der Waals surface area (Å²) in [5, 5.41) is 0. The predicted molar refractivity (Wildman–Crippen MR) is 120 cm³/mol. The lowest BCUT2D eigenvalue weighted by Crippen LogP contribution is -2.29. The van der Waals surface area contributed by atoms with Crippen LogP contribution in [0.25, 0.3) is 0 Å². The third-order valence-corrected chi connectivity index (χ3v) is 6.74. The summed E-state index contributed by atoms with van der Waals surface area (Å²) in [7, 11) is -3.48. The molecule has 3 aromatic rings. The molecule has 0 fully saturated rings. The van der Waals surface area contributed by atoms with E-state index in [0.29, 0.717) is 5.56 Å². The van der Waals surface area contributed by atoms with Crippen LogP contribution in [0.15, 0.2) is 59.8 Å². The van der Waals surface area contributed by atoms with E-state index in [0.717, 1.165) is 42.6 Å². The average Bonchev–Trinajstić information content (AvgIpc) is 2.81. The summed E-state index contributed by atoms with van der Waals surface area (Å²) in [6.07, 6.45) is -5.59. The molecule has 0 amide bonds. The van der Waals surface area contributed by atoms with Gasteiger partial charge >= 0.3 is 12.1 Å². The first kappa shape index (κ1) is 27.0. The predicted octanol–water partition coefficient (Wildman–Crippen LogP) is 4.97. The number of rotatable bonds is 8. The number of methoxy groups -OCH3 is 1. The summed E-state index contributed by atoms with van der Waals surface area (Å²) in [4.78, 5) is 20.2. The number of carbonyl (C=O) groups is 1. The molecule has 192 valence electrons. The summed E-state index contributed by atoms with van der Waals surface area (Å²) in [6, 6.07) is 8.03. The van der Waals surface area contributed by atoms with Gasteiger partial charge in [0, 0.05) is 12.4 Å². The molecule has 7 nitrogen and oxygen atoms in total. The fourth-order valence-electron chi connectivity index (χ4n) is 3.55. The number of aromatic nitrogens is 2. The van der Waals surface area contributed by atoms with Gasteiger partial charge in [0.15, 0.2) is 21.3 Å². The van der Waals surface area contributed by atoms with E-state index in [1.54, 1.807) is 0 Å². The minimum Gasteiger partial charge on any atom is -0.464 e. The molecule has 2 aromatic carbocycles. The number of hydrogen-bond donors (Lipinski definition) is 0. The number of halogens is 5. The lowest BCUT2D eigenvalue weighted by Gasteiger charge is -2.26. The number of aryl methyl sites for hydroxylation is 1. The Hall–Kier alpha value is -3.61. The maximum atomic E-state index is 13.6. The van der Waals surface area contributed by atoms with Crippen LogP contribution in [0.4, 0.5) is 33.5 Å². The van der Waals surface area contributed by atoms with E-state index >= 15 is 0 Å². The number of anilines is 2. The molecule has 3 rings (SSSR count). The van der Waals surface area contributed by atoms with Gasteiger partial charge in [-0.05, 0) is 30.7 Å². The molecule has 0 aliphatic carbocycles. The lowest BCUT2D eigenvalue weighted by molar-refractivity contribution is -0.138. The maximum absolute atomic E-state index is 13.6. The van der Waals surface area contributed by atoms with Gasteiger partial charge in [0.05, 0.1) is 35.6 Å². The number of carbonyl (C=O) groups excluding carboxylic acids is 1. The highest BCUT2D eigenvalue weighted by atomic mass is 32.2. The van der Waals surface area contributed by atoms with Crippen molar-refractivity contribution in [3.8, 4) is 0 Å². The SMILES string of the molecule is COC(=O)c1nccnc1N(CC(F)F)c1ccccc1S(=O)(=O)Cc1cc(C)ccc1C(F)(F)F. The first-order chi connectivity index (χ1) is 16.8. The quantitative estimate of drug-likeness (QED) is 0.301. The van der Waals surface area contributed by atoms with E-state index in [1.165, 1.54) is 31.2 Å². The van der Waals surface area contributed by atoms with Crippen LogP contribution in [0, 0.1) is 6.92 Å². The molecule has 13 heteroatoms. The molecule has 1 heterocycles. The van der Waals surface area contributed by atoms with Crippen molar-refractivity contribution in [3.63, 3.8) is 0 Å². The van der Waals surface area contributed by atoms with Gasteiger partial charge in [-0.25, -0.2) is 32.0 Å². The summed E-state index contributed by atoms with van der Waals surface area (Å²) < 4.78 is 99.2. The Morgan fingerprint density at radius 3 is 2.39 bits per heavy atom. The fraction of sp³-hybridized carbons (Fsp3) is 0.261. The Bertz CT molecular complexity index is 1360. The molecule has 0 spiro atoms. The van der Waals surface area contributed by atoms with Crippen LogP contribution in [0.2, 0.25) is 0 Å². The van der Waals surface area contributed by atoms with Crippen molar-refractivity contribution in [2.45, 2.75) is 30.2 Å². The average molecular weight is 529 g/mol. The number of benzene rings is 2. The van der Waals surface area contributed by atoms with Crippen LogP contribution >= 0.6 is 0 Å². The van der Waals surface area contributed by atoms with Gasteiger partial charge in [-0.15, -0.1) is 0 Å². The second-order valence-corrected chi connectivity index (χ2v) is 9.56. The monoisotopic (exact) mass is 529 g/mol. The zero-order valence-electron chi connectivity index (χ0n) is 19.0. The number of sulfone groups is 1. The highest BCUT2D eigenvalue weighted by Crippen LogP contribution is 2.37. The topological polar surface area (TPSA) is 89.5 Å². The van der Waals surface area contributed by atoms with E-state index in [2.05, 4.69) is 14.7 Å². The van der Waals surface area contributed by atoms with E-state index in [9.17, 15) is 35.2 Å². The van der Waals surface area contributed by atoms with Crippen molar-refractivity contribution in [1.29, 1.82) is 0 Å². The fourth-order valence-corrected chi connectivity index (χ4v) is 5.14. The standard InChI is InChI=1S/C23H20F5N3O4S/c1-14-7-8-16(23(26,27)28)15(11-14)13-36(33,34)18-6-4-3-5-17(18)31(12-19(24)25)21-20(22(32)35-2)29-9-10-30-21/h3-11,19H,12-13H2,1-2H3. The molecule has 0 atom stereocenters. The van der Waals surface area contributed by atoms with Crippen LogP contribution in [0.1, 0.15) is 27.2 Å². The Morgan fingerprint density at radius 2 is 1.75 bits per heavy atom. The van der Waals surface area contributed by atoms with Gasteiger partial charge in [-0.2, -0.15) is 13.2 Å². The van der Waals surface area contributed by atoms with E-state index in [-0.39, 0.29) is 5.69 Å². The lowest BCUT2D eigenvalue weighted by atomic mass is 10.1. The van der Waals surface area contributed by atoms with Crippen LogP contribution in [0.3, 0.4) is 0 Å². The first-order valence-electron chi connectivity index (χ1n) is 10.3. The van der Waals surface area contributed by atoms with E-state index in [1.807, 2.05) is 0 Å². The highest BCUT2D eigenvalue weighted by molar-refractivity contribution is 7.90. The van der Waals surface area contributed by atoms with Gasteiger partial charge in [-0.3, -0.25) is 0 Å². The minimum atomic E-state index is -4.81. The second-order valence-electron chi connectivity index (χ2n) is 7.61. The Labute approximate surface area is 203 Å². The van der Waals surface area contributed by atoms with Crippen molar-refractivity contribution in [2.75, 3.05) is 18.6 Å². The number of ether oxygens (including phenoxy) is 1. The summed E-state index contributed by atoms with van der Waals surface area (Å²) in [6.45, 7) is 0.421. The molecular formula is C23H20F5N3O4S. The van der Waals surface area contributed by atoms with E-state index in [4.69, 9.17) is 0 Å². The minimum absolute atomic E-state index is 0.315. The normalized spacial score (nSPS) is 12.0. The van der Waals surface area contributed by atoms with Crippen molar-refractivity contribution in [3.05, 3.63) is 77.2 Å². The van der Waals surface area contributed by atoms with Crippen LogP contribution < -0.4 is 4.90 Å². The molecule has 1 aromatic heterocycles. The molecule has 0 radical (unpaired) electrons. The van der Waals surface area contributed by atoms with Gasteiger partial charge in [0.2, 0.25) is 0 Å². The molecule has 0 bridgehead atoms. The molecule has 0 saturated carbocycles. The molecule has 0 N–H and O–H groups in total.